The van der Waals surface area contributed by atoms with E-state index in [0.717, 1.165) is 10.3 Å². The lowest BCUT2D eigenvalue weighted by molar-refractivity contribution is 0.322. The van der Waals surface area contributed by atoms with Crippen molar-refractivity contribution >= 4 is 22.9 Å². The van der Waals surface area contributed by atoms with Gasteiger partial charge in [-0.2, -0.15) is 0 Å². The Labute approximate surface area is 94.3 Å². The van der Waals surface area contributed by atoms with Crippen LogP contribution in [0.5, 0.6) is 0 Å². The SMILES string of the molecule is NC1CCCC(Cc2ccc(Cl)s2)C1. The molecule has 78 valence electrons. The topological polar surface area (TPSA) is 26.0 Å². The van der Waals surface area contributed by atoms with Gasteiger partial charge in [-0.15, -0.1) is 11.3 Å². The summed E-state index contributed by atoms with van der Waals surface area (Å²) in [6, 6.07) is 4.57. The van der Waals surface area contributed by atoms with Crippen molar-refractivity contribution in [3.05, 3.63) is 21.3 Å². The van der Waals surface area contributed by atoms with Gasteiger partial charge in [-0.1, -0.05) is 18.0 Å². The second-order valence-corrected chi connectivity index (χ2v) is 6.00. The lowest BCUT2D eigenvalue weighted by atomic mass is 9.84. The molecule has 1 aromatic heterocycles. The second-order valence-electron chi connectivity index (χ2n) is 4.20. The van der Waals surface area contributed by atoms with Crippen molar-refractivity contribution in [3.63, 3.8) is 0 Å². The van der Waals surface area contributed by atoms with E-state index in [2.05, 4.69) is 6.07 Å². The molecule has 0 spiro atoms. The number of rotatable bonds is 2. The van der Waals surface area contributed by atoms with Gasteiger partial charge in [0.25, 0.3) is 0 Å². The summed E-state index contributed by atoms with van der Waals surface area (Å²) in [7, 11) is 0. The van der Waals surface area contributed by atoms with Crippen LogP contribution in [0.15, 0.2) is 12.1 Å². The predicted octanol–water partition coefficient (Wildman–Crippen LogP) is 3.46. The molecule has 1 aliphatic rings. The molecule has 0 aromatic carbocycles. The van der Waals surface area contributed by atoms with Gasteiger partial charge in [-0.25, -0.2) is 0 Å². The monoisotopic (exact) mass is 229 g/mol. The fourth-order valence-corrected chi connectivity index (χ4v) is 3.47. The smallest absolute Gasteiger partial charge is 0.0931 e. The van der Waals surface area contributed by atoms with E-state index < -0.39 is 0 Å². The number of hydrogen-bond donors (Lipinski definition) is 1. The molecular weight excluding hydrogens is 214 g/mol. The first kappa shape index (κ1) is 10.5. The van der Waals surface area contributed by atoms with Crippen molar-refractivity contribution in [2.24, 2.45) is 11.7 Å². The molecule has 1 aliphatic carbocycles. The fraction of sp³-hybridized carbons (Fsp3) is 0.636. The first-order valence-electron chi connectivity index (χ1n) is 5.24. The van der Waals surface area contributed by atoms with Crippen molar-refractivity contribution in [1.29, 1.82) is 0 Å². The summed E-state index contributed by atoms with van der Waals surface area (Å²) in [6.45, 7) is 0. The molecule has 2 N–H and O–H groups in total. The van der Waals surface area contributed by atoms with Crippen LogP contribution in [0.2, 0.25) is 4.34 Å². The van der Waals surface area contributed by atoms with Gasteiger partial charge < -0.3 is 5.73 Å². The summed E-state index contributed by atoms with van der Waals surface area (Å²) >= 11 is 7.61. The second kappa shape index (κ2) is 4.65. The first-order chi connectivity index (χ1) is 6.74. The van der Waals surface area contributed by atoms with Crippen LogP contribution in [0.1, 0.15) is 30.6 Å². The van der Waals surface area contributed by atoms with Gasteiger partial charge in [0, 0.05) is 10.9 Å². The molecule has 2 atom stereocenters. The summed E-state index contributed by atoms with van der Waals surface area (Å²) in [5.41, 5.74) is 5.96. The average molecular weight is 230 g/mol. The van der Waals surface area contributed by atoms with Crippen molar-refractivity contribution in [3.8, 4) is 0 Å². The third kappa shape index (κ3) is 2.72. The molecule has 3 heteroatoms. The maximum atomic E-state index is 5.96. The molecule has 0 bridgehead atoms. The average Bonchev–Trinajstić information content (AvgIpc) is 2.51. The molecule has 0 radical (unpaired) electrons. The van der Waals surface area contributed by atoms with Crippen molar-refractivity contribution in [2.75, 3.05) is 0 Å². The molecule has 1 nitrogen and oxygen atoms in total. The molecule has 1 aromatic rings. The van der Waals surface area contributed by atoms with Crippen molar-refractivity contribution in [1.82, 2.24) is 0 Å². The van der Waals surface area contributed by atoms with Crippen LogP contribution >= 0.6 is 22.9 Å². The Balaban J connectivity index is 1.90. The maximum Gasteiger partial charge on any atom is 0.0931 e. The van der Waals surface area contributed by atoms with Gasteiger partial charge in [-0.05, 0) is 43.7 Å². The highest BCUT2D eigenvalue weighted by Gasteiger charge is 2.19. The van der Waals surface area contributed by atoms with Gasteiger partial charge in [-0.3, -0.25) is 0 Å². The zero-order valence-corrected chi connectivity index (χ0v) is 9.78. The van der Waals surface area contributed by atoms with Crippen LogP contribution in [0.3, 0.4) is 0 Å². The molecule has 0 amide bonds. The lowest BCUT2D eigenvalue weighted by Gasteiger charge is -2.26. The Hall–Kier alpha value is -0.0500. The van der Waals surface area contributed by atoms with E-state index >= 15 is 0 Å². The van der Waals surface area contributed by atoms with Crippen LogP contribution in [0, 0.1) is 5.92 Å². The summed E-state index contributed by atoms with van der Waals surface area (Å²) in [5.74, 6) is 0.786. The van der Waals surface area contributed by atoms with E-state index in [1.807, 2.05) is 6.07 Å². The van der Waals surface area contributed by atoms with E-state index in [-0.39, 0.29) is 0 Å². The van der Waals surface area contributed by atoms with Crippen molar-refractivity contribution in [2.45, 2.75) is 38.1 Å². The summed E-state index contributed by atoms with van der Waals surface area (Å²) in [5, 5.41) is 0. The molecule has 14 heavy (non-hydrogen) atoms. The molecule has 1 saturated carbocycles. The van der Waals surface area contributed by atoms with Gasteiger partial charge in [0.1, 0.15) is 0 Å². The lowest BCUT2D eigenvalue weighted by Crippen LogP contribution is -2.28. The first-order valence-corrected chi connectivity index (χ1v) is 6.43. The minimum absolute atomic E-state index is 0.434. The minimum atomic E-state index is 0.434. The van der Waals surface area contributed by atoms with Crippen molar-refractivity contribution < 1.29 is 0 Å². The molecule has 0 aliphatic heterocycles. The van der Waals surface area contributed by atoms with Crippen LogP contribution in [-0.4, -0.2) is 6.04 Å². The van der Waals surface area contributed by atoms with Crippen LogP contribution in [-0.2, 0) is 6.42 Å². The van der Waals surface area contributed by atoms with Crippen LogP contribution in [0.25, 0.3) is 0 Å². The fourth-order valence-electron chi connectivity index (χ4n) is 2.26. The highest BCUT2D eigenvalue weighted by Crippen LogP contribution is 2.30. The molecular formula is C11H16ClNS. The summed E-state index contributed by atoms with van der Waals surface area (Å²) < 4.78 is 0.903. The Kier molecular flexibility index (Phi) is 3.47. The largest absolute Gasteiger partial charge is 0.328 e. The zero-order chi connectivity index (χ0) is 9.97. The highest BCUT2D eigenvalue weighted by atomic mass is 35.5. The van der Waals surface area contributed by atoms with E-state index in [4.69, 9.17) is 17.3 Å². The quantitative estimate of drug-likeness (QED) is 0.826. The molecule has 1 fully saturated rings. The minimum Gasteiger partial charge on any atom is -0.328 e. The Morgan fingerprint density at radius 2 is 2.29 bits per heavy atom. The van der Waals surface area contributed by atoms with Crippen LogP contribution < -0.4 is 5.73 Å². The maximum absolute atomic E-state index is 5.96. The van der Waals surface area contributed by atoms with Gasteiger partial charge in [0.05, 0.1) is 4.34 Å². The van der Waals surface area contributed by atoms with E-state index in [1.165, 1.54) is 37.0 Å². The van der Waals surface area contributed by atoms with Gasteiger partial charge in [0.2, 0.25) is 0 Å². The number of hydrogen-bond acceptors (Lipinski definition) is 2. The molecule has 1 heterocycles. The standard InChI is InChI=1S/C11H16ClNS/c12-11-5-4-10(14-11)7-8-2-1-3-9(13)6-8/h4-5,8-9H,1-3,6-7,13H2. The van der Waals surface area contributed by atoms with Gasteiger partial charge >= 0.3 is 0 Å². The number of halogens is 1. The highest BCUT2D eigenvalue weighted by molar-refractivity contribution is 7.16. The molecule has 0 saturated heterocycles. The Morgan fingerprint density at radius 1 is 1.43 bits per heavy atom. The molecule has 2 unspecified atom stereocenters. The summed E-state index contributed by atoms with van der Waals surface area (Å²) in [6.07, 6.45) is 6.20. The van der Waals surface area contributed by atoms with E-state index in [9.17, 15) is 0 Å². The Morgan fingerprint density at radius 3 is 2.93 bits per heavy atom. The predicted molar refractivity (Wildman–Crippen MR) is 63.0 cm³/mol. The zero-order valence-electron chi connectivity index (χ0n) is 8.21. The van der Waals surface area contributed by atoms with E-state index in [0.29, 0.717) is 6.04 Å². The number of nitrogens with two attached hydrogens (primary N) is 1. The summed E-state index contributed by atoms with van der Waals surface area (Å²) in [4.78, 5) is 1.41. The van der Waals surface area contributed by atoms with Gasteiger partial charge in [0.15, 0.2) is 0 Å². The Bertz CT molecular complexity index is 297. The number of thiophene rings is 1. The van der Waals surface area contributed by atoms with Crippen LogP contribution in [0.4, 0.5) is 0 Å². The third-order valence-corrected chi connectivity index (χ3v) is 4.20. The third-order valence-electron chi connectivity index (χ3n) is 2.94. The van der Waals surface area contributed by atoms with E-state index in [1.54, 1.807) is 11.3 Å². The normalized spacial score (nSPS) is 27.9. The molecule has 2 rings (SSSR count).